The van der Waals surface area contributed by atoms with E-state index in [2.05, 4.69) is 44.6 Å². The number of aromatic nitrogens is 3. The summed E-state index contributed by atoms with van der Waals surface area (Å²) >= 11 is 0. The molecule has 0 saturated carbocycles. The van der Waals surface area contributed by atoms with Crippen LogP contribution in [0.3, 0.4) is 0 Å². The Morgan fingerprint density at radius 1 is 1.35 bits per heavy atom. The van der Waals surface area contributed by atoms with E-state index in [-0.39, 0.29) is 11.7 Å². The van der Waals surface area contributed by atoms with Gasteiger partial charge in [0.05, 0.1) is 0 Å². The Balaban J connectivity index is 1.62. The third kappa shape index (κ3) is 4.47. The van der Waals surface area contributed by atoms with Gasteiger partial charge in [0.15, 0.2) is 0 Å². The molecule has 106 valence electrons. The zero-order valence-electron chi connectivity index (χ0n) is 11.5. The maximum absolute atomic E-state index is 11.6. The van der Waals surface area contributed by atoms with Gasteiger partial charge < -0.3 is 10.2 Å². The van der Waals surface area contributed by atoms with Crippen molar-refractivity contribution in [2.75, 3.05) is 20.1 Å². The first-order chi connectivity index (χ1) is 9.75. The molecule has 0 aliphatic carbocycles. The predicted molar refractivity (Wildman–Crippen MR) is 76.1 cm³/mol. The SMILES string of the molecule is CN(CCCNC(=O)c1ncn[nH]1)Cc1ccccc1. The molecule has 2 N–H and O–H groups in total. The third-order valence-electron chi connectivity index (χ3n) is 2.93. The first-order valence-corrected chi connectivity index (χ1v) is 6.62. The fraction of sp³-hybridized carbons (Fsp3) is 0.357. The van der Waals surface area contributed by atoms with Crippen LogP contribution in [0, 0.1) is 0 Å². The molecule has 0 saturated heterocycles. The monoisotopic (exact) mass is 273 g/mol. The highest BCUT2D eigenvalue weighted by Crippen LogP contribution is 2.02. The van der Waals surface area contributed by atoms with Crippen LogP contribution in [-0.2, 0) is 6.54 Å². The topological polar surface area (TPSA) is 73.9 Å². The number of benzene rings is 1. The van der Waals surface area contributed by atoms with Crippen LogP contribution in [0.5, 0.6) is 0 Å². The van der Waals surface area contributed by atoms with E-state index in [0.717, 1.165) is 19.5 Å². The van der Waals surface area contributed by atoms with Crippen molar-refractivity contribution in [3.8, 4) is 0 Å². The smallest absolute Gasteiger partial charge is 0.288 e. The largest absolute Gasteiger partial charge is 0.349 e. The van der Waals surface area contributed by atoms with Gasteiger partial charge in [-0.15, -0.1) is 0 Å². The second-order valence-corrected chi connectivity index (χ2v) is 4.67. The minimum atomic E-state index is -0.215. The molecule has 2 rings (SSSR count). The number of carbonyl (C=O) groups excluding carboxylic acids is 1. The average molecular weight is 273 g/mol. The van der Waals surface area contributed by atoms with Crippen molar-refractivity contribution in [2.45, 2.75) is 13.0 Å². The van der Waals surface area contributed by atoms with Gasteiger partial charge in [0, 0.05) is 13.1 Å². The lowest BCUT2D eigenvalue weighted by Crippen LogP contribution is -2.28. The minimum absolute atomic E-state index is 0.215. The van der Waals surface area contributed by atoms with E-state index in [4.69, 9.17) is 0 Å². The van der Waals surface area contributed by atoms with Gasteiger partial charge in [0.2, 0.25) is 5.82 Å². The number of amides is 1. The molecule has 2 aromatic rings. The van der Waals surface area contributed by atoms with E-state index in [1.54, 1.807) is 0 Å². The summed E-state index contributed by atoms with van der Waals surface area (Å²) in [5.74, 6) is 0.0378. The Morgan fingerprint density at radius 2 is 2.15 bits per heavy atom. The van der Waals surface area contributed by atoms with Crippen molar-refractivity contribution in [3.05, 3.63) is 48.0 Å². The predicted octanol–water partition coefficient (Wildman–Crippen LogP) is 1.06. The summed E-state index contributed by atoms with van der Waals surface area (Å²) < 4.78 is 0. The Labute approximate surface area is 118 Å². The van der Waals surface area contributed by atoms with Gasteiger partial charge >= 0.3 is 0 Å². The van der Waals surface area contributed by atoms with Gasteiger partial charge in [-0.3, -0.25) is 9.89 Å². The lowest BCUT2D eigenvalue weighted by atomic mass is 10.2. The zero-order chi connectivity index (χ0) is 14.2. The van der Waals surface area contributed by atoms with E-state index in [1.807, 2.05) is 18.2 Å². The van der Waals surface area contributed by atoms with Crippen LogP contribution in [0.2, 0.25) is 0 Å². The van der Waals surface area contributed by atoms with Crippen molar-refractivity contribution in [1.29, 1.82) is 0 Å². The summed E-state index contributed by atoms with van der Waals surface area (Å²) in [5, 5.41) is 8.98. The summed E-state index contributed by atoms with van der Waals surface area (Å²) in [6, 6.07) is 10.3. The summed E-state index contributed by atoms with van der Waals surface area (Å²) in [5.41, 5.74) is 1.29. The van der Waals surface area contributed by atoms with Gasteiger partial charge in [-0.25, -0.2) is 4.98 Å². The number of rotatable bonds is 7. The molecule has 1 amide bonds. The fourth-order valence-corrected chi connectivity index (χ4v) is 1.92. The molecule has 0 fully saturated rings. The Kier molecular flexibility index (Phi) is 5.25. The molecule has 1 heterocycles. The standard InChI is InChI=1S/C14H19N5O/c1-19(10-12-6-3-2-4-7-12)9-5-8-15-14(20)13-16-11-17-18-13/h2-4,6-7,11H,5,8-10H2,1H3,(H,15,20)(H,16,17,18). The van der Waals surface area contributed by atoms with Crippen LogP contribution in [-0.4, -0.2) is 46.1 Å². The van der Waals surface area contributed by atoms with E-state index < -0.39 is 0 Å². The Bertz CT molecular complexity index is 512. The van der Waals surface area contributed by atoms with Gasteiger partial charge in [0.25, 0.3) is 5.91 Å². The first kappa shape index (κ1) is 14.2. The summed E-state index contributed by atoms with van der Waals surface area (Å²) in [6.07, 6.45) is 2.21. The van der Waals surface area contributed by atoms with Crippen molar-refractivity contribution in [1.82, 2.24) is 25.4 Å². The van der Waals surface area contributed by atoms with Crippen LogP contribution in [0.1, 0.15) is 22.6 Å². The summed E-state index contributed by atoms with van der Waals surface area (Å²) in [6.45, 7) is 2.46. The molecule has 0 unspecified atom stereocenters. The quantitative estimate of drug-likeness (QED) is 0.740. The van der Waals surface area contributed by atoms with E-state index in [9.17, 15) is 4.79 Å². The average Bonchev–Trinajstić information content (AvgIpc) is 2.99. The summed E-state index contributed by atoms with van der Waals surface area (Å²) in [7, 11) is 2.07. The lowest BCUT2D eigenvalue weighted by molar-refractivity contribution is 0.0942. The van der Waals surface area contributed by atoms with Crippen molar-refractivity contribution >= 4 is 5.91 Å². The Hall–Kier alpha value is -2.21. The second-order valence-electron chi connectivity index (χ2n) is 4.67. The van der Waals surface area contributed by atoms with Gasteiger partial charge in [-0.1, -0.05) is 30.3 Å². The van der Waals surface area contributed by atoms with E-state index >= 15 is 0 Å². The molecule has 1 aromatic heterocycles. The molecule has 0 aliphatic rings. The molecule has 0 spiro atoms. The van der Waals surface area contributed by atoms with Crippen molar-refractivity contribution < 1.29 is 4.79 Å². The second kappa shape index (κ2) is 7.40. The molecule has 0 atom stereocenters. The van der Waals surface area contributed by atoms with Crippen LogP contribution < -0.4 is 5.32 Å². The molecular weight excluding hydrogens is 254 g/mol. The van der Waals surface area contributed by atoms with Gasteiger partial charge in [0.1, 0.15) is 6.33 Å². The first-order valence-electron chi connectivity index (χ1n) is 6.62. The molecule has 0 aliphatic heterocycles. The number of aromatic amines is 1. The molecule has 20 heavy (non-hydrogen) atoms. The highest BCUT2D eigenvalue weighted by Gasteiger charge is 2.07. The molecule has 0 bridgehead atoms. The van der Waals surface area contributed by atoms with Crippen molar-refractivity contribution in [3.63, 3.8) is 0 Å². The Morgan fingerprint density at radius 3 is 2.85 bits per heavy atom. The molecule has 0 radical (unpaired) electrons. The van der Waals surface area contributed by atoms with Gasteiger partial charge in [-0.2, -0.15) is 5.10 Å². The molecule has 6 nitrogen and oxygen atoms in total. The highest BCUT2D eigenvalue weighted by molar-refractivity contribution is 5.90. The highest BCUT2D eigenvalue weighted by atomic mass is 16.2. The number of carbonyl (C=O) groups is 1. The van der Waals surface area contributed by atoms with E-state index in [1.165, 1.54) is 11.9 Å². The molecular formula is C14H19N5O. The number of hydrogen-bond acceptors (Lipinski definition) is 4. The molecule has 1 aromatic carbocycles. The number of H-pyrrole nitrogens is 1. The minimum Gasteiger partial charge on any atom is -0.349 e. The number of hydrogen-bond donors (Lipinski definition) is 2. The summed E-state index contributed by atoms with van der Waals surface area (Å²) in [4.78, 5) is 17.6. The van der Waals surface area contributed by atoms with Crippen molar-refractivity contribution in [2.24, 2.45) is 0 Å². The number of nitrogens with one attached hydrogen (secondary N) is 2. The number of nitrogens with zero attached hydrogens (tertiary/aromatic N) is 3. The van der Waals surface area contributed by atoms with Crippen LogP contribution >= 0.6 is 0 Å². The fourth-order valence-electron chi connectivity index (χ4n) is 1.92. The van der Waals surface area contributed by atoms with Crippen LogP contribution in [0.15, 0.2) is 36.7 Å². The third-order valence-corrected chi connectivity index (χ3v) is 2.93. The normalized spacial score (nSPS) is 10.7. The van der Waals surface area contributed by atoms with Gasteiger partial charge in [-0.05, 0) is 25.6 Å². The van der Waals surface area contributed by atoms with Crippen LogP contribution in [0.25, 0.3) is 0 Å². The van der Waals surface area contributed by atoms with E-state index in [0.29, 0.717) is 6.54 Å². The maximum atomic E-state index is 11.6. The zero-order valence-corrected chi connectivity index (χ0v) is 11.5. The lowest BCUT2D eigenvalue weighted by Gasteiger charge is -2.16. The molecule has 6 heteroatoms. The maximum Gasteiger partial charge on any atom is 0.288 e. The van der Waals surface area contributed by atoms with Crippen LogP contribution in [0.4, 0.5) is 0 Å².